The lowest BCUT2D eigenvalue weighted by molar-refractivity contribution is -0.161. The Morgan fingerprint density at radius 1 is 0.951 bits per heavy atom. The molecule has 4 fully saturated rings. The van der Waals surface area contributed by atoms with Gasteiger partial charge in [-0.1, -0.05) is 43.0 Å². The molecule has 41 heavy (non-hydrogen) atoms. The molecular formula is C31H41N5O5. The summed E-state index contributed by atoms with van der Waals surface area (Å²) in [4.78, 5) is 50.7. The highest BCUT2D eigenvalue weighted by atomic mass is 16.7. The highest BCUT2D eigenvalue weighted by Gasteiger charge is 2.45. The van der Waals surface area contributed by atoms with Crippen molar-refractivity contribution >= 4 is 28.6 Å². The third kappa shape index (κ3) is 5.27. The van der Waals surface area contributed by atoms with Gasteiger partial charge in [0.25, 0.3) is 11.5 Å². The molecule has 2 saturated heterocycles. The second kappa shape index (κ2) is 10.9. The molecule has 4 unspecified atom stereocenters. The summed E-state index contributed by atoms with van der Waals surface area (Å²) < 4.78 is 1.79. The lowest BCUT2D eigenvalue weighted by Gasteiger charge is -2.55. The minimum absolute atomic E-state index is 0.0608. The van der Waals surface area contributed by atoms with Crippen LogP contribution in [0.15, 0.2) is 34.2 Å². The molecule has 0 spiro atoms. The van der Waals surface area contributed by atoms with Crippen LogP contribution >= 0.6 is 0 Å². The second-order valence-corrected chi connectivity index (χ2v) is 13.2. The Labute approximate surface area is 239 Å². The lowest BCUT2D eigenvalue weighted by atomic mass is 9.68. The van der Waals surface area contributed by atoms with Crippen molar-refractivity contribution in [2.24, 2.45) is 22.7 Å². The Kier molecular flexibility index (Phi) is 7.38. The molecule has 2 aliphatic heterocycles. The van der Waals surface area contributed by atoms with Gasteiger partial charge in [0, 0.05) is 24.2 Å². The third-order valence-corrected chi connectivity index (χ3v) is 10.0. The van der Waals surface area contributed by atoms with Crippen molar-refractivity contribution in [3.05, 3.63) is 40.3 Å². The van der Waals surface area contributed by atoms with E-state index in [0.717, 1.165) is 37.5 Å². The summed E-state index contributed by atoms with van der Waals surface area (Å²) in [6.07, 6.45) is 13.4. The number of benzene rings is 1. The number of aliphatic carboxylic acids is 1. The number of fused-ring (bicyclic) bond motifs is 5. The number of oxime groups is 1. The quantitative estimate of drug-likeness (QED) is 0.383. The predicted octanol–water partition coefficient (Wildman–Crippen LogP) is 3.99. The molecule has 6 rings (SSSR count). The molecule has 0 radical (unpaired) electrons. The van der Waals surface area contributed by atoms with Crippen LogP contribution in [-0.2, 0) is 14.4 Å². The zero-order valence-corrected chi connectivity index (χ0v) is 24.0. The van der Waals surface area contributed by atoms with Gasteiger partial charge in [-0.25, -0.2) is 9.78 Å². The minimum Gasteiger partial charge on any atom is -0.478 e. The third-order valence-electron chi connectivity index (χ3n) is 10.0. The van der Waals surface area contributed by atoms with Crippen LogP contribution in [-0.4, -0.2) is 60.9 Å². The summed E-state index contributed by atoms with van der Waals surface area (Å²) in [5.41, 5.74) is 4.01. The number of carboxylic acid groups (broad SMARTS) is 1. The molecular weight excluding hydrogens is 522 g/mol. The molecule has 3 N–H and O–H groups in total. The van der Waals surface area contributed by atoms with Crippen LogP contribution in [0.3, 0.4) is 0 Å². The summed E-state index contributed by atoms with van der Waals surface area (Å²) in [6.45, 7) is 2.60. The van der Waals surface area contributed by atoms with Gasteiger partial charge in [0.15, 0.2) is 11.4 Å². The zero-order chi connectivity index (χ0) is 28.9. The van der Waals surface area contributed by atoms with Crippen molar-refractivity contribution in [2.75, 3.05) is 0 Å². The maximum absolute atomic E-state index is 14.1. The van der Waals surface area contributed by atoms with Crippen LogP contribution in [0.25, 0.3) is 11.0 Å². The van der Waals surface area contributed by atoms with Crippen molar-refractivity contribution in [3.63, 3.8) is 0 Å². The van der Waals surface area contributed by atoms with E-state index in [1.54, 1.807) is 10.6 Å². The number of nitrogens with zero attached hydrogens (tertiary/aromatic N) is 4. The molecule has 220 valence electrons. The highest BCUT2D eigenvalue weighted by molar-refractivity contribution is 6.44. The van der Waals surface area contributed by atoms with Gasteiger partial charge in [0.05, 0.1) is 11.0 Å². The first kappa shape index (κ1) is 27.9. The number of rotatable bonds is 7. The molecule has 2 aliphatic carbocycles. The summed E-state index contributed by atoms with van der Waals surface area (Å²) in [5.74, 6) is -0.554. The Morgan fingerprint density at radius 2 is 1.59 bits per heavy atom. The summed E-state index contributed by atoms with van der Waals surface area (Å²) in [7, 11) is 0. The lowest BCUT2D eigenvalue weighted by Crippen LogP contribution is -2.58. The molecule has 1 aromatic heterocycles. The number of piperidine rings is 2. The van der Waals surface area contributed by atoms with Gasteiger partial charge in [-0.3, -0.25) is 14.5 Å². The number of carboxylic acids is 1. The Morgan fingerprint density at radius 3 is 2.22 bits per heavy atom. The topological polar surface area (TPSA) is 140 Å². The standard InChI is InChI=1S/C31H41N5O5/c1-31(2,30(39)40)41-34-26(28(32)37)27-29(38)36(25-12-4-3-11-24(25)33-27)23-16-20-9-6-10-21(17-23)35(20)22-14-18-7-5-8-19(13-18)15-22/h3-4,11-12,18-23H,5-10,13-17H2,1-2H3,(H2,32,37)(H,39,40). The first-order valence-corrected chi connectivity index (χ1v) is 15.2. The van der Waals surface area contributed by atoms with Gasteiger partial charge in [0.2, 0.25) is 5.60 Å². The van der Waals surface area contributed by atoms with E-state index < -0.39 is 28.7 Å². The molecule has 10 heteroatoms. The van der Waals surface area contributed by atoms with Crippen LogP contribution in [0.5, 0.6) is 0 Å². The number of primary amides is 1. The number of aromatic nitrogens is 2. The molecule has 1 aromatic carbocycles. The Bertz CT molecular complexity index is 1410. The SMILES string of the molecule is CC(C)(ON=C(C(N)=O)c1nc2ccccc2n(C2CC3CCCC(C2)N3C2CC3CCCC(C3)C2)c1=O)C(=O)O. The predicted molar refractivity (Wildman–Crippen MR) is 155 cm³/mol. The van der Waals surface area contributed by atoms with E-state index in [0.29, 0.717) is 29.2 Å². The van der Waals surface area contributed by atoms with E-state index in [9.17, 15) is 19.5 Å². The first-order chi connectivity index (χ1) is 19.6. The van der Waals surface area contributed by atoms with Crippen LogP contribution in [0.2, 0.25) is 0 Å². The van der Waals surface area contributed by atoms with Gasteiger partial charge in [-0.2, -0.15) is 0 Å². The number of carbonyl (C=O) groups excluding carboxylic acids is 1. The number of hydrogen-bond donors (Lipinski definition) is 2. The molecule has 2 saturated carbocycles. The molecule has 2 aromatic rings. The van der Waals surface area contributed by atoms with Crippen LogP contribution in [0.4, 0.5) is 0 Å². The number of nitrogens with two attached hydrogens (primary N) is 1. The summed E-state index contributed by atoms with van der Waals surface area (Å²) >= 11 is 0. The van der Waals surface area contributed by atoms with Crippen LogP contribution < -0.4 is 11.3 Å². The van der Waals surface area contributed by atoms with E-state index in [4.69, 9.17) is 10.6 Å². The second-order valence-electron chi connectivity index (χ2n) is 13.2. The fraction of sp³-hybridized carbons (Fsp3) is 0.645. The number of hydrogen-bond acceptors (Lipinski definition) is 7. The van der Waals surface area contributed by atoms with Gasteiger partial charge in [-0.05, 0) is 82.8 Å². The Balaban J connectivity index is 1.37. The maximum Gasteiger partial charge on any atom is 0.350 e. The maximum atomic E-state index is 14.1. The van der Waals surface area contributed by atoms with Gasteiger partial charge < -0.3 is 20.2 Å². The molecule has 4 atom stereocenters. The van der Waals surface area contributed by atoms with E-state index >= 15 is 0 Å². The van der Waals surface area contributed by atoms with E-state index in [1.165, 1.54) is 58.8 Å². The van der Waals surface area contributed by atoms with E-state index in [-0.39, 0.29) is 11.7 Å². The zero-order valence-electron chi connectivity index (χ0n) is 24.0. The average Bonchev–Trinajstić information content (AvgIpc) is 2.92. The highest BCUT2D eigenvalue weighted by Crippen LogP contribution is 2.47. The fourth-order valence-electron chi connectivity index (χ4n) is 8.21. The number of carbonyl (C=O) groups is 2. The van der Waals surface area contributed by atoms with Gasteiger partial charge >= 0.3 is 5.97 Å². The minimum atomic E-state index is -1.72. The van der Waals surface area contributed by atoms with Gasteiger partial charge in [0.1, 0.15) is 0 Å². The smallest absolute Gasteiger partial charge is 0.350 e. The number of para-hydroxylation sites is 2. The van der Waals surface area contributed by atoms with E-state index in [1.807, 2.05) is 18.2 Å². The van der Waals surface area contributed by atoms with Crippen molar-refractivity contribution in [1.82, 2.24) is 14.5 Å². The van der Waals surface area contributed by atoms with Crippen LogP contribution in [0, 0.1) is 11.8 Å². The van der Waals surface area contributed by atoms with Gasteiger partial charge in [-0.15, -0.1) is 0 Å². The summed E-state index contributed by atoms with van der Waals surface area (Å²) in [6, 6.07) is 8.82. The largest absolute Gasteiger partial charge is 0.478 e. The number of amides is 1. The molecule has 4 bridgehead atoms. The van der Waals surface area contributed by atoms with Crippen LogP contribution in [0.1, 0.15) is 96.2 Å². The molecule has 10 nitrogen and oxygen atoms in total. The van der Waals surface area contributed by atoms with Crippen molar-refractivity contribution in [1.29, 1.82) is 0 Å². The molecule has 4 aliphatic rings. The molecule has 3 heterocycles. The van der Waals surface area contributed by atoms with Crippen molar-refractivity contribution in [2.45, 2.75) is 114 Å². The molecule has 1 amide bonds. The van der Waals surface area contributed by atoms with Crippen molar-refractivity contribution in [3.8, 4) is 0 Å². The normalized spacial score (nSPS) is 30.6. The monoisotopic (exact) mass is 563 g/mol. The first-order valence-electron chi connectivity index (χ1n) is 15.2. The van der Waals surface area contributed by atoms with Crippen molar-refractivity contribution < 1.29 is 19.5 Å². The summed E-state index contributed by atoms with van der Waals surface area (Å²) in [5, 5.41) is 13.2. The fourth-order valence-corrected chi connectivity index (χ4v) is 8.21. The average molecular weight is 564 g/mol. The van der Waals surface area contributed by atoms with E-state index in [2.05, 4.69) is 15.0 Å². The Hall–Kier alpha value is -3.27.